The summed E-state index contributed by atoms with van der Waals surface area (Å²) in [4.78, 5) is 51.9. The van der Waals surface area contributed by atoms with Crippen molar-refractivity contribution in [2.45, 2.75) is 77.5 Å². The zero-order valence-corrected chi connectivity index (χ0v) is 20.9. The second-order valence-corrected chi connectivity index (χ2v) is 10.9. The lowest BCUT2D eigenvalue weighted by molar-refractivity contribution is -0.157. The number of carbonyl (C=O) groups excluding carboxylic acids is 4. The van der Waals surface area contributed by atoms with Crippen LogP contribution in [0.25, 0.3) is 0 Å². The second-order valence-electron chi connectivity index (χ2n) is 10.9. The van der Waals surface area contributed by atoms with Gasteiger partial charge in [-0.25, -0.2) is 4.79 Å². The third-order valence-corrected chi connectivity index (χ3v) is 7.55. The Morgan fingerprint density at radius 3 is 2.57 bits per heavy atom. The van der Waals surface area contributed by atoms with Gasteiger partial charge in [-0.2, -0.15) is 0 Å². The first-order chi connectivity index (χ1) is 16.5. The fourth-order valence-corrected chi connectivity index (χ4v) is 5.33. The average Bonchev–Trinajstić information content (AvgIpc) is 3.02. The number of hydrogen-bond donors (Lipinski definition) is 2. The number of rotatable bonds is 5. The maximum Gasteiger partial charge on any atom is 0.327 e. The molecular weight excluding hydrogens is 450 g/mol. The van der Waals surface area contributed by atoms with Gasteiger partial charge in [0.1, 0.15) is 17.8 Å². The van der Waals surface area contributed by atoms with Gasteiger partial charge < -0.3 is 20.1 Å². The third-order valence-electron chi connectivity index (χ3n) is 7.55. The van der Waals surface area contributed by atoms with Crippen molar-refractivity contribution in [3.8, 4) is 5.75 Å². The number of para-hydroxylation sites is 1. The number of fused-ring (bicyclic) bond motifs is 1. The number of amides is 4. The van der Waals surface area contributed by atoms with E-state index in [1.165, 1.54) is 6.92 Å². The first kappa shape index (κ1) is 25.0. The minimum Gasteiger partial charge on any atom is -0.493 e. The quantitative estimate of drug-likeness (QED) is 0.489. The van der Waals surface area contributed by atoms with Crippen molar-refractivity contribution in [2.75, 3.05) is 13.2 Å². The molecule has 0 aromatic heterocycles. The zero-order valence-electron chi connectivity index (χ0n) is 20.9. The highest BCUT2D eigenvalue weighted by Crippen LogP contribution is 2.43. The van der Waals surface area contributed by atoms with Gasteiger partial charge in [0.15, 0.2) is 6.10 Å². The number of hydrogen-bond acceptors (Lipinski definition) is 6. The van der Waals surface area contributed by atoms with E-state index in [2.05, 4.69) is 31.4 Å². The summed E-state index contributed by atoms with van der Waals surface area (Å²) in [5.74, 6) is -0.447. The van der Waals surface area contributed by atoms with Gasteiger partial charge in [0.25, 0.3) is 11.8 Å². The average molecular weight is 486 g/mol. The van der Waals surface area contributed by atoms with E-state index < -0.39 is 36.1 Å². The Morgan fingerprint density at radius 2 is 1.89 bits per heavy atom. The van der Waals surface area contributed by atoms with Crippen molar-refractivity contribution >= 4 is 23.8 Å². The van der Waals surface area contributed by atoms with Crippen molar-refractivity contribution in [2.24, 2.45) is 11.3 Å². The van der Waals surface area contributed by atoms with Crippen LogP contribution < -0.4 is 15.4 Å². The molecule has 3 aliphatic rings. The summed E-state index contributed by atoms with van der Waals surface area (Å²) < 4.78 is 10.9. The summed E-state index contributed by atoms with van der Waals surface area (Å²) in [7, 11) is 0. The molecule has 1 aromatic rings. The Kier molecular flexibility index (Phi) is 6.79. The first-order valence-electron chi connectivity index (χ1n) is 12.4. The highest BCUT2D eigenvalue weighted by atomic mass is 16.5. The molecule has 1 saturated carbocycles. The largest absolute Gasteiger partial charge is 0.493 e. The van der Waals surface area contributed by atoms with Crippen LogP contribution in [0.3, 0.4) is 0 Å². The Bertz CT molecular complexity index is 1010. The molecule has 2 fully saturated rings. The molecule has 9 nitrogen and oxygen atoms in total. The van der Waals surface area contributed by atoms with Gasteiger partial charge in [-0.1, -0.05) is 39.0 Å². The predicted molar refractivity (Wildman–Crippen MR) is 127 cm³/mol. The number of imide groups is 1. The van der Waals surface area contributed by atoms with E-state index in [9.17, 15) is 19.2 Å². The Labute approximate surface area is 205 Å². The van der Waals surface area contributed by atoms with E-state index in [1.807, 2.05) is 24.3 Å². The van der Waals surface area contributed by atoms with E-state index >= 15 is 0 Å². The molecule has 2 aliphatic heterocycles. The monoisotopic (exact) mass is 485 g/mol. The van der Waals surface area contributed by atoms with Crippen molar-refractivity contribution in [3.63, 3.8) is 0 Å². The molecule has 2 unspecified atom stereocenters. The summed E-state index contributed by atoms with van der Waals surface area (Å²) in [6, 6.07) is 6.63. The Balaban J connectivity index is 1.31. The van der Waals surface area contributed by atoms with E-state index in [1.54, 1.807) is 0 Å². The molecule has 0 radical (unpaired) electrons. The van der Waals surface area contributed by atoms with Crippen LogP contribution in [0.2, 0.25) is 0 Å². The first-order valence-corrected chi connectivity index (χ1v) is 12.4. The van der Waals surface area contributed by atoms with Gasteiger partial charge in [-0.15, -0.1) is 0 Å². The maximum absolute atomic E-state index is 13.1. The summed E-state index contributed by atoms with van der Waals surface area (Å²) in [6.07, 6.45) is 2.30. The fraction of sp³-hybridized carbons (Fsp3) is 0.615. The predicted octanol–water partition coefficient (Wildman–Crippen LogP) is 3.08. The number of esters is 1. The van der Waals surface area contributed by atoms with E-state index in [4.69, 9.17) is 9.47 Å². The van der Waals surface area contributed by atoms with E-state index in [0.717, 1.165) is 29.1 Å². The number of carbonyl (C=O) groups is 4. The summed E-state index contributed by atoms with van der Waals surface area (Å²) in [6.45, 7) is 7.98. The number of benzene rings is 1. The molecule has 35 heavy (non-hydrogen) atoms. The van der Waals surface area contributed by atoms with Crippen LogP contribution in [0, 0.1) is 11.3 Å². The number of ether oxygens (including phenoxy) is 2. The summed E-state index contributed by atoms with van der Waals surface area (Å²) in [5, 5.41) is 5.72. The number of nitrogens with one attached hydrogen (secondary N) is 2. The van der Waals surface area contributed by atoms with Crippen LogP contribution in [0.1, 0.15) is 71.4 Å². The minimum atomic E-state index is -1.07. The molecule has 1 aromatic carbocycles. The lowest BCUT2D eigenvalue weighted by Gasteiger charge is -2.40. The molecule has 1 saturated heterocycles. The molecule has 1 spiro atoms. The molecule has 190 valence electrons. The van der Waals surface area contributed by atoms with Crippen LogP contribution >= 0.6 is 0 Å². The minimum absolute atomic E-state index is 0.139. The van der Waals surface area contributed by atoms with Gasteiger partial charge >= 0.3 is 12.0 Å². The normalized spacial score (nSPS) is 27.0. The number of urea groups is 1. The van der Waals surface area contributed by atoms with Crippen LogP contribution in [-0.4, -0.2) is 53.5 Å². The number of nitrogens with zero attached hydrogens (tertiary/aromatic N) is 1. The Morgan fingerprint density at radius 1 is 1.20 bits per heavy atom. The topological polar surface area (TPSA) is 114 Å². The SMILES string of the molecule is CC(OC(=O)CN1C(=O)NC2(CCC(C(C)(C)C)CC2)C1=O)C(=O)NC1CCOc2ccccc21. The molecule has 9 heteroatoms. The molecule has 4 rings (SSSR count). The van der Waals surface area contributed by atoms with Gasteiger partial charge in [-0.05, 0) is 50.0 Å². The van der Waals surface area contributed by atoms with Gasteiger partial charge in [-0.3, -0.25) is 19.3 Å². The standard InChI is InChI=1S/C26H35N3O6/c1-16(22(31)27-19-11-14-34-20-8-6-5-7-18(19)20)35-21(30)15-29-23(32)26(28-24(29)33)12-9-17(10-13-26)25(2,3)4/h5-8,16-17,19H,9-15H2,1-4H3,(H,27,31)(H,28,33). The summed E-state index contributed by atoms with van der Waals surface area (Å²) in [5.41, 5.74) is 0.0649. The lowest BCUT2D eigenvalue weighted by atomic mass is 9.67. The lowest BCUT2D eigenvalue weighted by Crippen LogP contribution is -2.51. The van der Waals surface area contributed by atoms with E-state index in [0.29, 0.717) is 31.8 Å². The molecule has 2 N–H and O–H groups in total. The van der Waals surface area contributed by atoms with E-state index in [-0.39, 0.29) is 17.4 Å². The van der Waals surface area contributed by atoms with Crippen LogP contribution in [0.5, 0.6) is 5.75 Å². The Hall–Kier alpha value is -3.10. The smallest absolute Gasteiger partial charge is 0.327 e. The van der Waals surface area contributed by atoms with Gasteiger partial charge in [0.2, 0.25) is 0 Å². The van der Waals surface area contributed by atoms with Gasteiger partial charge in [0, 0.05) is 12.0 Å². The van der Waals surface area contributed by atoms with Crippen molar-refractivity contribution in [1.82, 2.24) is 15.5 Å². The maximum atomic E-state index is 13.1. The van der Waals surface area contributed by atoms with Crippen molar-refractivity contribution in [1.29, 1.82) is 0 Å². The van der Waals surface area contributed by atoms with Gasteiger partial charge in [0.05, 0.1) is 12.6 Å². The highest BCUT2D eigenvalue weighted by Gasteiger charge is 2.53. The zero-order chi connectivity index (χ0) is 25.4. The van der Waals surface area contributed by atoms with Crippen LogP contribution in [0.4, 0.5) is 4.79 Å². The third kappa shape index (κ3) is 5.13. The summed E-state index contributed by atoms with van der Waals surface area (Å²) >= 11 is 0. The molecule has 1 aliphatic carbocycles. The molecule has 2 atom stereocenters. The van der Waals surface area contributed by atoms with Crippen molar-refractivity contribution < 1.29 is 28.7 Å². The molecule has 2 heterocycles. The van der Waals surface area contributed by atoms with Crippen molar-refractivity contribution in [3.05, 3.63) is 29.8 Å². The van der Waals surface area contributed by atoms with Crippen LogP contribution in [0.15, 0.2) is 24.3 Å². The molecule has 0 bridgehead atoms. The molecule has 4 amide bonds. The van der Waals surface area contributed by atoms with Crippen LogP contribution in [-0.2, 0) is 19.1 Å². The second kappa shape index (κ2) is 9.51. The highest BCUT2D eigenvalue weighted by molar-refractivity contribution is 6.08. The fourth-order valence-electron chi connectivity index (χ4n) is 5.33. The molecular formula is C26H35N3O6.